The van der Waals surface area contributed by atoms with Gasteiger partial charge in [0.25, 0.3) is 0 Å². The maximum absolute atomic E-state index is 13.3. The van der Waals surface area contributed by atoms with Crippen molar-refractivity contribution >= 4 is 15.9 Å². The van der Waals surface area contributed by atoms with Crippen molar-refractivity contribution < 1.29 is 8.78 Å². The first-order valence-corrected chi connectivity index (χ1v) is 7.14. The fraction of sp³-hybridized carbons (Fsp3) is 0.0625. The molecule has 0 aliphatic rings. The largest absolute Gasteiger partial charge is 0.327 e. The van der Waals surface area contributed by atoms with Gasteiger partial charge in [-0.25, -0.2) is 13.8 Å². The second kappa shape index (κ2) is 5.77. The van der Waals surface area contributed by atoms with Gasteiger partial charge < -0.3 is 4.57 Å². The molecule has 1 aromatic heterocycles. The van der Waals surface area contributed by atoms with E-state index in [9.17, 15) is 8.78 Å². The predicted octanol–water partition coefficient (Wildman–Crippen LogP) is 4.64. The minimum absolute atomic E-state index is 0.278. The molecule has 0 saturated carbocycles. The highest BCUT2D eigenvalue weighted by atomic mass is 79.9. The molecule has 0 saturated heterocycles. The van der Waals surface area contributed by atoms with Crippen molar-refractivity contribution in [3.8, 4) is 11.4 Å². The highest BCUT2D eigenvalue weighted by Crippen LogP contribution is 2.21. The third kappa shape index (κ3) is 3.03. The van der Waals surface area contributed by atoms with Crippen LogP contribution >= 0.6 is 15.9 Å². The molecule has 3 rings (SSSR count). The van der Waals surface area contributed by atoms with Gasteiger partial charge in [-0.3, -0.25) is 0 Å². The molecule has 106 valence electrons. The molecule has 3 aromatic rings. The molecule has 0 aliphatic carbocycles. The zero-order chi connectivity index (χ0) is 14.8. The second-order valence-electron chi connectivity index (χ2n) is 4.63. The summed E-state index contributed by atoms with van der Waals surface area (Å²) in [6.45, 7) is 0.561. The fourth-order valence-electron chi connectivity index (χ4n) is 2.13. The Morgan fingerprint density at radius 3 is 2.52 bits per heavy atom. The summed E-state index contributed by atoms with van der Waals surface area (Å²) in [5.74, 6) is 0.179. The Morgan fingerprint density at radius 1 is 1.05 bits per heavy atom. The van der Waals surface area contributed by atoms with Gasteiger partial charge in [-0.2, -0.15) is 0 Å². The Kier molecular flexibility index (Phi) is 3.84. The van der Waals surface area contributed by atoms with Crippen LogP contribution in [-0.4, -0.2) is 9.55 Å². The molecule has 2 aromatic carbocycles. The first kappa shape index (κ1) is 13.9. The summed E-state index contributed by atoms with van der Waals surface area (Å²) in [4.78, 5) is 4.31. The lowest BCUT2D eigenvalue weighted by Crippen LogP contribution is -2.01. The number of hydrogen-bond donors (Lipinski definition) is 0. The molecule has 5 heteroatoms. The van der Waals surface area contributed by atoms with Gasteiger partial charge in [-0.1, -0.05) is 6.07 Å². The number of hydrogen-bond acceptors (Lipinski definition) is 1. The molecule has 0 amide bonds. The summed E-state index contributed by atoms with van der Waals surface area (Å²) in [6.07, 6.45) is 3.53. The molecular weight excluding hydrogens is 338 g/mol. The smallest absolute Gasteiger partial charge is 0.140 e. The van der Waals surface area contributed by atoms with Crippen LogP contribution in [0.4, 0.5) is 8.78 Å². The average Bonchev–Trinajstić information content (AvgIpc) is 2.92. The van der Waals surface area contributed by atoms with Crippen LogP contribution in [0, 0.1) is 11.6 Å². The van der Waals surface area contributed by atoms with Crippen LogP contribution < -0.4 is 0 Å². The van der Waals surface area contributed by atoms with Crippen LogP contribution in [0.2, 0.25) is 0 Å². The van der Waals surface area contributed by atoms with E-state index in [0.717, 1.165) is 17.0 Å². The zero-order valence-electron chi connectivity index (χ0n) is 10.9. The van der Waals surface area contributed by atoms with E-state index < -0.39 is 0 Å². The van der Waals surface area contributed by atoms with Gasteiger partial charge in [0.05, 0.1) is 4.47 Å². The third-order valence-electron chi connectivity index (χ3n) is 3.15. The van der Waals surface area contributed by atoms with E-state index in [4.69, 9.17) is 0 Å². The van der Waals surface area contributed by atoms with E-state index in [2.05, 4.69) is 20.9 Å². The van der Waals surface area contributed by atoms with E-state index in [1.54, 1.807) is 30.5 Å². The lowest BCUT2D eigenvalue weighted by atomic mass is 10.2. The van der Waals surface area contributed by atoms with Gasteiger partial charge in [-0.15, -0.1) is 0 Å². The quantitative estimate of drug-likeness (QED) is 0.674. The minimum Gasteiger partial charge on any atom is -0.327 e. The number of benzene rings is 2. The minimum atomic E-state index is -0.289. The number of nitrogens with zero attached hydrogens (tertiary/aromatic N) is 2. The maximum Gasteiger partial charge on any atom is 0.140 e. The van der Waals surface area contributed by atoms with Crippen molar-refractivity contribution in [2.24, 2.45) is 0 Å². The first-order chi connectivity index (χ1) is 10.1. The van der Waals surface area contributed by atoms with Crippen LogP contribution in [-0.2, 0) is 6.54 Å². The van der Waals surface area contributed by atoms with Crippen molar-refractivity contribution in [2.75, 3.05) is 0 Å². The molecule has 1 heterocycles. The number of rotatable bonds is 3. The first-order valence-electron chi connectivity index (χ1n) is 6.34. The molecule has 0 radical (unpaired) electrons. The standard InChI is InChI=1S/C16H11BrF2N2/c17-14-9-11(1-6-15(14)19)10-21-8-7-20-16(21)12-2-4-13(18)5-3-12/h1-9H,10H2. The summed E-state index contributed by atoms with van der Waals surface area (Å²) in [5.41, 5.74) is 1.78. The van der Waals surface area contributed by atoms with Gasteiger partial charge >= 0.3 is 0 Å². The molecule has 0 aliphatic heterocycles. The topological polar surface area (TPSA) is 17.8 Å². The number of imidazole rings is 1. The van der Waals surface area contributed by atoms with E-state index >= 15 is 0 Å². The highest BCUT2D eigenvalue weighted by molar-refractivity contribution is 9.10. The van der Waals surface area contributed by atoms with Crippen LogP contribution in [0.1, 0.15) is 5.56 Å². The molecule has 0 fully saturated rings. The van der Waals surface area contributed by atoms with Crippen molar-refractivity contribution in [3.63, 3.8) is 0 Å². The van der Waals surface area contributed by atoms with Gasteiger partial charge in [-0.05, 0) is 57.9 Å². The van der Waals surface area contributed by atoms with Crippen molar-refractivity contribution in [1.29, 1.82) is 0 Å². The summed E-state index contributed by atoms with van der Waals surface area (Å²) in [5, 5.41) is 0. The van der Waals surface area contributed by atoms with Crippen LogP contribution in [0.25, 0.3) is 11.4 Å². The SMILES string of the molecule is Fc1ccc(-c2nccn2Cc2ccc(F)c(Br)c2)cc1. The van der Waals surface area contributed by atoms with E-state index in [1.165, 1.54) is 18.2 Å². The van der Waals surface area contributed by atoms with Gasteiger partial charge in [0.15, 0.2) is 0 Å². The predicted molar refractivity (Wildman–Crippen MR) is 80.8 cm³/mol. The highest BCUT2D eigenvalue weighted by Gasteiger charge is 2.08. The lowest BCUT2D eigenvalue weighted by Gasteiger charge is -2.09. The Hall–Kier alpha value is -2.01. The molecule has 0 unspecified atom stereocenters. The summed E-state index contributed by atoms with van der Waals surface area (Å²) in [6, 6.07) is 11.1. The second-order valence-corrected chi connectivity index (χ2v) is 5.49. The molecule has 0 N–H and O–H groups in total. The molecule has 0 spiro atoms. The van der Waals surface area contributed by atoms with Crippen LogP contribution in [0.15, 0.2) is 59.3 Å². The summed E-state index contributed by atoms with van der Waals surface area (Å²) < 4.78 is 28.6. The average molecular weight is 349 g/mol. The zero-order valence-corrected chi connectivity index (χ0v) is 12.5. The fourth-order valence-corrected chi connectivity index (χ4v) is 2.56. The van der Waals surface area contributed by atoms with E-state index in [1.807, 2.05) is 10.8 Å². The summed E-state index contributed by atoms with van der Waals surface area (Å²) >= 11 is 3.18. The van der Waals surface area contributed by atoms with Crippen LogP contribution in [0.5, 0.6) is 0 Å². The normalized spacial score (nSPS) is 10.8. The Balaban J connectivity index is 1.92. The third-order valence-corrected chi connectivity index (χ3v) is 3.76. The van der Waals surface area contributed by atoms with Crippen molar-refractivity contribution in [2.45, 2.75) is 6.54 Å². The molecule has 21 heavy (non-hydrogen) atoms. The van der Waals surface area contributed by atoms with Gasteiger partial charge in [0, 0.05) is 24.5 Å². The van der Waals surface area contributed by atoms with E-state index in [0.29, 0.717) is 11.0 Å². The van der Waals surface area contributed by atoms with Crippen molar-refractivity contribution in [3.05, 3.63) is 76.5 Å². The summed E-state index contributed by atoms with van der Waals surface area (Å²) in [7, 11) is 0. The maximum atomic E-state index is 13.3. The molecular formula is C16H11BrF2N2. The Labute approximate surface area is 129 Å². The molecule has 2 nitrogen and oxygen atoms in total. The number of aromatic nitrogens is 2. The van der Waals surface area contributed by atoms with Gasteiger partial charge in [0.2, 0.25) is 0 Å². The van der Waals surface area contributed by atoms with Crippen LogP contribution in [0.3, 0.4) is 0 Å². The number of halogens is 3. The monoisotopic (exact) mass is 348 g/mol. The Morgan fingerprint density at radius 2 is 1.81 bits per heavy atom. The van der Waals surface area contributed by atoms with Gasteiger partial charge in [0.1, 0.15) is 17.5 Å². The lowest BCUT2D eigenvalue weighted by molar-refractivity contribution is 0.619. The molecule has 0 atom stereocenters. The van der Waals surface area contributed by atoms with E-state index in [-0.39, 0.29) is 11.6 Å². The van der Waals surface area contributed by atoms with Crippen molar-refractivity contribution in [1.82, 2.24) is 9.55 Å². The molecule has 0 bridgehead atoms. The Bertz CT molecular complexity index is 766.